The molecule has 0 fully saturated rings. The van der Waals surface area contributed by atoms with E-state index in [4.69, 9.17) is 0 Å². The highest BCUT2D eigenvalue weighted by Crippen LogP contribution is 2.17. The van der Waals surface area contributed by atoms with Crippen molar-refractivity contribution in [3.05, 3.63) is 17.0 Å². The molecule has 0 aliphatic heterocycles. The van der Waals surface area contributed by atoms with Gasteiger partial charge in [-0.25, -0.2) is 8.42 Å². The van der Waals surface area contributed by atoms with Crippen molar-refractivity contribution >= 4 is 9.84 Å². The van der Waals surface area contributed by atoms with Crippen molar-refractivity contribution in [3.8, 4) is 0 Å². The van der Waals surface area contributed by atoms with Crippen LogP contribution in [0.15, 0.2) is 0 Å². The van der Waals surface area contributed by atoms with Gasteiger partial charge in [0.2, 0.25) is 0 Å². The Kier molecular flexibility index (Phi) is 7.39. The quantitative estimate of drug-likeness (QED) is 0.717. The average molecular weight is 315 g/mol. The molecule has 0 atom stereocenters. The lowest BCUT2D eigenvalue weighted by Gasteiger charge is -2.08. The molecule has 0 spiro atoms. The predicted molar refractivity (Wildman–Crippen MR) is 87.3 cm³/mol. The van der Waals surface area contributed by atoms with Gasteiger partial charge in [0.15, 0.2) is 0 Å². The van der Waals surface area contributed by atoms with Crippen LogP contribution in [-0.2, 0) is 35.8 Å². The molecular formula is C15H29N3O2S. The van der Waals surface area contributed by atoms with Gasteiger partial charge in [-0.3, -0.25) is 4.68 Å². The fraction of sp³-hybridized carbons (Fsp3) is 0.800. The number of aryl methyl sites for hydroxylation is 2. The van der Waals surface area contributed by atoms with Crippen LogP contribution in [0.1, 0.15) is 51.1 Å². The van der Waals surface area contributed by atoms with E-state index in [2.05, 4.69) is 31.2 Å². The Morgan fingerprint density at radius 1 is 1.14 bits per heavy atom. The molecular weight excluding hydrogens is 286 g/mol. The molecule has 6 heteroatoms. The van der Waals surface area contributed by atoms with E-state index < -0.39 is 9.84 Å². The molecule has 0 amide bonds. The Bertz CT molecular complexity index is 535. The second kappa shape index (κ2) is 8.54. The SMILES string of the molecule is CCNCc1c(CC)nn(CCCS(=O)(=O)CC)c1CC. The highest BCUT2D eigenvalue weighted by Gasteiger charge is 2.15. The lowest BCUT2D eigenvalue weighted by Crippen LogP contribution is -2.15. The smallest absolute Gasteiger partial charge is 0.150 e. The Labute approximate surface area is 129 Å². The number of sulfone groups is 1. The third-order valence-electron chi connectivity index (χ3n) is 3.74. The van der Waals surface area contributed by atoms with E-state index in [-0.39, 0.29) is 11.5 Å². The predicted octanol–water partition coefficient (Wildman–Crippen LogP) is 1.94. The van der Waals surface area contributed by atoms with Crippen LogP contribution in [0.3, 0.4) is 0 Å². The molecule has 0 aliphatic carbocycles. The Morgan fingerprint density at radius 3 is 2.38 bits per heavy atom. The van der Waals surface area contributed by atoms with Crippen LogP contribution >= 0.6 is 0 Å². The minimum Gasteiger partial charge on any atom is -0.313 e. The van der Waals surface area contributed by atoms with Crippen molar-refractivity contribution in [2.75, 3.05) is 18.1 Å². The monoisotopic (exact) mass is 315 g/mol. The van der Waals surface area contributed by atoms with Crippen molar-refractivity contribution < 1.29 is 8.42 Å². The van der Waals surface area contributed by atoms with Crippen LogP contribution < -0.4 is 5.32 Å². The van der Waals surface area contributed by atoms with Gasteiger partial charge in [0.05, 0.1) is 11.4 Å². The molecule has 1 rings (SSSR count). The van der Waals surface area contributed by atoms with Gasteiger partial charge in [-0.1, -0.05) is 27.7 Å². The molecule has 0 saturated heterocycles. The molecule has 0 saturated carbocycles. The summed E-state index contributed by atoms with van der Waals surface area (Å²) >= 11 is 0. The molecule has 1 N–H and O–H groups in total. The van der Waals surface area contributed by atoms with Crippen LogP contribution in [0.2, 0.25) is 0 Å². The van der Waals surface area contributed by atoms with Gasteiger partial charge < -0.3 is 5.32 Å². The van der Waals surface area contributed by atoms with Gasteiger partial charge in [0.1, 0.15) is 9.84 Å². The largest absolute Gasteiger partial charge is 0.313 e. The maximum atomic E-state index is 11.6. The van der Waals surface area contributed by atoms with Crippen molar-refractivity contribution in [1.82, 2.24) is 15.1 Å². The Morgan fingerprint density at radius 2 is 1.86 bits per heavy atom. The molecule has 1 aromatic heterocycles. The van der Waals surface area contributed by atoms with Crippen LogP contribution in [-0.4, -0.2) is 36.2 Å². The number of nitrogens with one attached hydrogen (secondary N) is 1. The third-order valence-corrected chi connectivity index (χ3v) is 5.53. The standard InChI is InChI=1S/C15H29N3O2S/c1-5-14-13(12-16-7-3)15(6-2)18(17-14)10-9-11-21(19,20)8-4/h16H,5-12H2,1-4H3. The van der Waals surface area contributed by atoms with E-state index in [0.717, 1.165) is 31.6 Å². The normalized spacial score (nSPS) is 12.0. The number of aromatic nitrogens is 2. The van der Waals surface area contributed by atoms with Gasteiger partial charge in [0, 0.05) is 30.1 Å². The number of rotatable bonds is 10. The van der Waals surface area contributed by atoms with Crippen molar-refractivity contribution in [1.29, 1.82) is 0 Å². The summed E-state index contributed by atoms with van der Waals surface area (Å²) in [6.07, 6.45) is 2.47. The molecule has 5 nitrogen and oxygen atoms in total. The summed E-state index contributed by atoms with van der Waals surface area (Å²) < 4.78 is 25.2. The summed E-state index contributed by atoms with van der Waals surface area (Å²) in [6, 6.07) is 0. The summed E-state index contributed by atoms with van der Waals surface area (Å²) in [5, 5.41) is 8.05. The Hall–Kier alpha value is -0.880. The number of hydrogen-bond acceptors (Lipinski definition) is 4. The second-order valence-electron chi connectivity index (χ2n) is 5.17. The van der Waals surface area contributed by atoms with E-state index in [9.17, 15) is 8.42 Å². The zero-order valence-corrected chi connectivity index (χ0v) is 14.6. The van der Waals surface area contributed by atoms with Crippen molar-refractivity contribution in [2.45, 2.75) is 60.0 Å². The first kappa shape index (κ1) is 18.2. The Balaban J connectivity index is 2.84. The van der Waals surface area contributed by atoms with E-state index in [1.807, 2.05) is 4.68 Å². The lowest BCUT2D eigenvalue weighted by molar-refractivity contribution is 0.556. The average Bonchev–Trinajstić information content (AvgIpc) is 2.81. The van der Waals surface area contributed by atoms with E-state index in [0.29, 0.717) is 13.0 Å². The fourth-order valence-corrected chi connectivity index (χ4v) is 3.34. The molecule has 1 aromatic rings. The summed E-state index contributed by atoms with van der Waals surface area (Å²) in [5.74, 6) is 0.467. The van der Waals surface area contributed by atoms with Crippen LogP contribution in [0.25, 0.3) is 0 Å². The topological polar surface area (TPSA) is 64.0 Å². The first-order valence-electron chi connectivity index (χ1n) is 7.97. The summed E-state index contributed by atoms with van der Waals surface area (Å²) in [5.41, 5.74) is 3.66. The first-order valence-corrected chi connectivity index (χ1v) is 9.79. The van der Waals surface area contributed by atoms with E-state index >= 15 is 0 Å². The number of nitrogens with zero attached hydrogens (tertiary/aromatic N) is 2. The zero-order chi connectivity index (χ0) is 15.9. The van der Waals surface area contributed by atoms with E-state index in [1.165, 1.54) is 11.3 Å². The van der Waals surface area contributed by atoms with Crippen molar-refractivity contribution in [3.63, 3.8) is 0 Å². The van der Waals surface area contributed by atoms with Crippen LogP contribution in [0.4, 0.5) is 0 Å². The summed E-state index contributed by atoms with van der Waals surface area (Å²) in [6.45, 7) is 10.5. The second-order valence-corrected chi connectivity index (χ2v) is 7.65. The molecule has 0 radical (unpaired) electrons. The van der Waals surface area contributed by atoms with Gasteiger partial charge in [-0.2, -0.15) is 5.10 Å². The molecule has 0 aromatic carbocycles. The minimum atomic E-state index is -2.89. The molecule has 122 valence electrons. The lowest BCUT2D eigenvalue weighted by atomic mass is 10.1. The highest BCUT2D eigenvalue weighted by atomic mass is 32.2. The zero-order valence-electron chi connectivity index (χ0n) is 13.8. The van der Waals surface area contributed by atoms with Gasteiger partial charge in [-0.05, 0) is 25.8 Å². The van der Waals surface area contributed by atoms with Crippen LogP contribution in [0.5, 0.6) is 0 Å². The molecule has 0 bridgehead atoms. The minimum absolute atomic E-state index is 0.221. The van der Waals surface area contributed by atoms with Crippen molar-refractivity contribution in [2.24, 2.45) is 0 Å². The van der Waals surface area contributed by atoms with Gasteiger partial charge in [0.25, 0.3) is 0 Å². The first-order chi connectivity index (χ1) is 9.99. The van der Waals surface area contributed by atoms with E-state index in [1.54, 1.807) is 6.92 Å². The molecule has 1 heterocycles. The molecule has 0 aliphatic rings. The highest BCUT2D eigenvalue weighted by molar-refractivity contribution is 7.91. The number of hydrogen-bond donors (Lipinski definition) is 1. The summed E-state index contributed by atoms with van der Waals surface area (Å²) in [7, 11) is -2.89. The molecule has 0 unspecified atom stereocenters. The third kappa shape index (κ3) is 5.11. The van der Waals surface area contributed by atoms with Crippen LogP contribution in [0, 0.1) is 0 Å². The fourth-order valence-electron chi connectivity index (χ4n) is 2.49. The maximum absolute atomic E-state index is 11.6. The molecule has 21 heavy (non-hydrogen) atoms. The summed E-state index contributed by atoms with van der Waals surface area (Å²) in [4.78, 5) is 0. The maximum Gasteiger partial charge on any atom is 0.150 e. The van der Waals surface area contributed by atoms with Gasteiger partial charge in [-0.15, -0.1) is 0 Å². The van der Waals surface area contributed by atoms with Gasteiger partial charge >= 0.3 is 0 Å².